The molecule has 0 radical (unpaired) electrons. The molecular weight excluding hydrogens is 418 g/mol. The first-order chi connectivity index (χ1) is 15.2. The zero-order valence-electron chi connectivity index (χ0n) is 17.0. The van der Waals surface area contributed by atoms with Gasteiger partial charge in [-0.2, -0.15) is 0 Å². The molecule has 10 heteroatoms. The Kier molecular flexibility index (Phi) is 6.24. The van der Waals surface area contributed by atoms with E-state index >= 15 is 0 Å². The fourth-order valence-corrected chi connectivity index (χ4v) is 2.86. The molecular formula is C22H17N3O7. The zero-order valence-corrected chi connectivity index (χ0v) is 17.0. The number of ether oxygens (including phenoxy) is 1. The number of hydrogen-bond acceptors (Lipinski definition) is 7. The van der Waals surface area contributed by atoms with E-state index < -0.39 is 27.2 Å². The molecule has 0 atom stereocenters. The maximum atomic E-state index is 12.4. The van der Waals surface area contributed by atoms with E-state index in [0.29, 0.717) is 11.3 Å². The fraction of sp³-hybridized carbons (Fsp3) is 0.0909. The number of rotatable bonds is 6. The maximum absolute atomic E-state index is 12.4. The Morgan fingerprint density at radius 1 is 0.812 bits per heavy atom. The second kappa shape index (κ2) is 9.04. The summed E-state index contributed by atoms with van der Waals surface area (Å²) >= 11 is 0. The summed E-state index contributed by atoms with van der Waals surface area (Å²) in [6.07, 6.45) is 0. The van der Waals surface area contributed by atoms with Gasteiger partial charge in [-0.25, -0.2) is 4.79 Å². The summed E-state index contributed by atoms with van der Waals surface area (Å²) in [4.78, 5) is 45.5. The van der Waals surface area contributed by atoms with Crippen molar-refractivity contribution in [1.82, 2.24) is 0 Å². The van der Waals surface area contributed by atoms with Gasteiger partial charge in [0.15, 0.2) is 0 Å². The third-order valence-electron chi connectivity index (χ3n) is 4.62. The Morgan fingerprint density at radius 3 is 1.84 bits per heavy atom. The van der Waals surface area contributed by atoms with Gasteiger partial charge in [0.2, 0.25) is 0 Å². The second-order valence-corrected chi connectivity index (χ2v) is 6.89. The van der Waals surface area contributed by atoms with Gasteiger partial charge in [0.25, 0.3) is 17.3 Å². The van der Waals surface area contributed by atoms with Gasteiger partial charge in [-0.15, -0.1) is 0 Å². The highest BCUT2D eigenvalue weighted by atomic mass is 16.6. The van der Waals surface area contributed by atoms with Crippen LogP contribution in [0.15, 0.2) is 60.7 Å². The Hall–Kier alpha value is -4.60. The van der Waals surface area contributed by atoms with Crippen LogP contribution in [0.25, 0.3) is 0 Å². The molecule has 1 amide bonds. The van der Waals surface area contributed by atoms with E-state index in [1.165, 1.54) is 31.2 Å². The second-order valence-electron chi connectivity index (χ2n) is 6.89. The van der Waals surface area contributed by atoms with E-state index in [4.69, 9.17) is 4.74 Å². The Labute approximate surface area is 181 Å². The summed E-state index contributed by atoms with van der Waals surface area (Å²) in [5, 5.41) is 25.1. The first kappa shape index (κ1) is 22.1. The molecule has 0 unspecified atom stereocenters. The Balaban J connectivity index is 1.76. The van der Waals surface area contributed by atoms with Crippen molar-refractivity contribution in [1.29, 1.82) is 0 Å². The molecule has 1 N–H and O–H groups in total. The smallest absolute Gasteiger partial charge is 0.344 e. The van der Waals surface area contributed by atoms with Gasteiger partial charge in [0.05, 0.1) is 15.4 Å². The van der Waals surface area contributed by atoms with E-state index in [1.807, 2.05) is 19.1 Å². The molecule has 0 aliphatic rings. The minimum absolute atomic E-state index is 0.0627. The molecule has 0 heterocycles. The Bertz CT molecular complexity index is 1180. The first-order valence-electron chi connectivity index (χ1n) is 9.29. The summed E-state index contributed by atoms with van der Waals surface area (Å²) < 4.78 is 5.16. The minimum Gasteiger partial charge on any atom is -0.423 e. The van der Waals surface area contributed by atoms with E-state index in [-0.39, 0.29) is 22.8 Å². The molecule has 10 nitrogen and oxygen atoms in total. The SMILES string of the molecule is Cc1ccc(NC(=O)c2ccc(OC(=O)c3cc([N+](=O)[O-])c(C)c([N+](=O)[O-])c3)cc2)cc1. The number of anilines is 1. The number of nitrogens with one attached hydrogen (secondary N) is 1. The van der Waals surface area contributed by atoms with Crippen LogP contribution in [-0.2, 0) is 0 Å². The normalized spacial score (nSPS) is 10.3. The number of carbonyl (C=O) groups excluding carboxylic acids is 2. The van der Waals surface area contributed by atoms with Crippen LogP contribution < -0.4 is 10.1 Å². The van der Waals surface area contributed by atoms with Crippen LogP contribution in [0, 0.1) is 34.1 Å². The van der Waals surface area contributed by atoms with Crippen molar-refractivity contribution in [2.24, 2.45) is 0 Å². The zero-order chi connectivity index (χ0) is 23.4. The van der Waals surface area contributed by atoms with Gasteiger partial charge in [0, 0.05) is 23.4 Å². The number of carbonyl (C=O) groups is 2. The molecule has 0 bridgehead atoms. The molecule has 0 aliphatic heterocycles. The van der Waals surface area contributed by atoms with E-state index in [0.717, 1.165) is 17.7 Å². The lowest BCUT2D eigenvalue weighted by Crippen LogP contribution is -2.13. The molecule has 3 aromatic rings. The van der Waals surface area contributed by atoms with Crippen molar-refractivity contribution >= 4 is 28.9 Å². The largest absolute Gasteiger partial charge is 0.423 e. The summed E-state index contributed by atoms with van der Waals surface area (Å²) in [5.41, 5.74) is 0.364. The minimum atomic E-state index is -1.01. The summed E-state index contributed by atoms with van der Waals surface area (Å²) in [6.45, 7) is 3.16. The van der Waals surface area contributed by atoms with E-state index in [1.54, 1.807) is 12.1 Å². The van der Waals surface area contributed by atoms with Crippen LogP contribution in [0.2, 0.25) is 0 Å². The van der Waals surface area contributed by atoms with Gasteiger partial charge >= 0.3 is 5.97 Å². The number of aryl methyl sites for hydroxylation is 1. The van der Waals surface area contributed by atoms with Crippen molar-refractivity contribution in [2.45, 2.75) is 13.8 Å². The van der Waals surface area contributed by atoms with Crippen LogP contribution >= 0.6 is 0 Å². The molecule has 32 heavy (non-hydrogen) atoms. The first-order valence-corrected chi connectivity index (χ1v) is 9.29. The molecule has 0 fully saturated rings. The van der Waals surface area contributed by atoms with Crippen molar-refractivity contribution in [3.63, 3.8) is 0 Å². The standard InChI is InChI=1S/C22H17N3O7/c1-13-3-7-17(8-4-13)23-21(26)15-5-9-18(10-6-15)32-22(27)16-11-19(24(28)29)14(2)20(12-16)25(30)31/h3-12H,1-2H3,(H,23,26). The lowest BCUT2D eigenvalue weighted by molar-refractivity contribution is -0.395. The highest BCUT2D eigenvalue weighted by Crippen LogP contribution is 2.30. The average Bonchev–Trinajstić information content (AvgIpc) is 2.75. The number of nitro groups is 2. The Morgan fingerprint density at radius 2 is 1.34 bits per heavy atom. The van der Waals surface area contributed by atoms with Crippen LogP contribution in [0.1, 0.15) is 31.8 Å². The lowest BCUT2D eigenvalue weighted by atomic mass is 10.1. The summed E-state index contributed by atoms with van der Waals surface area (Å²) in [7, 11) is 0. The molecule has 0 spiro atoms. The van der Waals surface area contributed by atoms with Gasteiger partial charge in [-0.3, -0.25) is 25.0 Å². The number of nitro benzene ring substituents is 2. The summed E-state index contributed by atoms with van der Waals surface area (Å²) in [6, 6.07) is 14.7. The van der Waals surface area contributed by atoms with Crippen LogP contribution in [0.3, 0.4) is 0 Å². The molecule has 0 aliphatic carbocycles. The van der Waals surface area contributed by atoms with Gasteiger partial charge < -0.3 is 10.1 Å². The topological polar surface area (TPSA) is 142 Å². The molecule has 0 saturated heterocycles. The number of amides is 1. The molecule has 0 aromatic heterocycles. The molecule has 162 valence electrons. The highest BCUT2D eigenvalue weighted by Gasteiger charge is 2.26. The van der Waals surface area contributed by atoms with Gasteiger partial charge in [-0.05, 0) is 50.2 Å². The van der Waals surface area contributed by atoms with Crippen LogP contribution in [-0.4, -0.2) is 21.7 Å². The maximum Gasteiger partial charge on any atom is 0.344 e. The quantitative estimate of drug-likeness (QED) is 0.258. The van der Waals surface area contributed by atoms with Crippen molar-refractivity contribution < 1.29 is 24.2 Å². The predicted octanol–water partition coefficient (Wildman–Crippen LogP) is 4.59. The third kappa shape index (κ3) is 4.93. The third-order valence-corrected chi connectivity index (χ3v) is 4.62. The number of esters is 1. The number of nitrogens with zero attached hydrogens (tertiary/aromatic N) is 2. The predicted molar refractivity (Wildman–Crippen MR) is 115 cm³/mol. The van der Waals surface area contributed by atoms with Crippen molar-refractivity contribution in [2.75, 3.05) is 5.32 Å². The van der Waals surface area contributed by atoms with Gasteiger partial charge in [0.1, 0.15) is 11.3 Å². The van der Waals surface area contributed by atoms with Crippen molar-refractivity contribution in [3.05, 3.63) is 103 Å². The molecule has 3 rings (SSSR count). The van der Waals surface area contributed by atoms with Crippen molar-refractivity contribution in [3.8, 4) is 5.75 Å². The highest BCUT2D eigenvalue weighted by molar-refractivity contribution is 6.04. The molecule has 3 aromatic carbocycles. The van der Waals surface area contributed by atoms with Crippen LogP contribution in [0.5, 0.6) is 5.75 Å². The monoisotopic (exact) mass is 435 g/mol. The lowest BCUT2D eigenvalue weighted by Gasteiger charge is -2.08. The summed E-state index contributed by atoms with van der Waals surface area (Å²) in [5.74, 6) is -1.31. The van der Waals surface area contributed by atoms with E-state index in [2.05, 4.69) is 5.32 Å². The molecule has 0 saturated carbocycles. The van der Waals surface area contributed by atoms with E-state index in [9.17, 15) is 29.8 Å². The average molecular weight is 435 g/mol. The van der Waals surface area contributed by atoms with Gasteiger partial charge in [-0.1, -0.05) is 17.7 Å². The number of hydrogen-bond donors (Lipinski definition) is 1. The fourth-order valence-electron chi connectivity index (χ4n) is 2.86. The number of benzene rings is 3. The van der Waals surface area contributed by atoms with Crippen LogP contribution in [0.4, 0.5) is 17.1 Å².